The van der Waals surface area contributed by atoms with Gasteiger partial charge in [-0.05, 0) is 24.3 Å². The Balaban J connectivity index is 1.93. The van der Waals surface area contributed by atoms with E-state index in [0.717, 1.165) is 36.4 Å². The molecule has 2 aromatic carbocycles. The molecule has 0 amide bonds. The van der Waals surface area contributed by atoms with E-state index >= 15 is 0 Å². The summed E-state index contributed by atoms with van der Waals surface area (Å²) in [5.41, 5.74) is -4.00. The maximum Gasteiger partial charge on any atom is 0.418 e. The normalized spacial score (nSPS) is 18.3. The van der Waals surface area contributed by atoms with Gasteiger partial charge in [0.2, 0.25) is 0 Å². The summed E-state index contributed by atoms with van der Waals surface area (Å²) in [6, 6.07) is 8.58. The summed E-state index contributed by atoms with van der Waals surface area (Å²) < 4.78 is 78.5. The van der Waals surface area contributed by atoms with E-state index in [4.69, 9.17) is 0 Å². The number of hydrogen-bond donors (Lipinski definition) is 0. The molecule has 0 bridgehead atoms. The van der Waals surface area contributed by atoms with Crippen LogP contribution in [0.5, 0.6) is 0 Å². The topological polar surface area (TPSA) is 58.9 Å². The number of carbonyl (C=O) groups excluding carboxylic acids is 2. The second-order valence-electron chi connectivity index (χ2n) is 6.35. The monoisotopic (exact) mass is 426 g/mol. The van der Waals surface area contributed by atoms with Crippen molar-refractivity contribution in [2.75, 3.05) is 0 Å². The van der Waals surface area contributed by atoms with E-state index in [2.05, 4.69) is 9.98 Å². The second kappa shape index (κ2) is 7.85. The van der Waals surface area contributed by atoms with Gasteiger partial charge in [-0.15, -0.1) is 0 Å². The largest absolute Gasteiger partial charge is 0.418 e. The highest BCUT2D eigenvalue weighted by Crippen LogP contribution is 2.37. The molecule has 10 heteroatoms. The fourth-order valence-electron chi connectivity index (χ4n) is 2.82. The third-order valence-corrected chi connectivity index (χ3v) is 4.23. The molecule has 2 aromatic rings. The fourth-order valence-corrected chi connectivity index (χ4v) is 2.82. The van der Waals surface area contributed by atoms with Crippen LogP contribution in [0.3, 0.4) is 0 Å². The highest BCUT2D eigenvalue weighted by Gasteiger charge is 2.36. The van der Waals surface area contributed by atoms with Crippen LogP contribution in [-0.2, 0) is 21.9 Å². The van der Waals surface area contributed by atoms with Gasteiger partial charge in [-0.25, -0.2) is 9.98 Å². The van der Waals surface area contributed by atoms with Crippen LogP contribution in [0, 0.1) is 0 Å². The Labute approximate surface area is 166 Å². The summed E-state index contributed by atoms with van der Waals surface area (Å²) >= 11 is 0. The predicted octanol–water partition coefficient (Wildman–Crippen LogP) is 5.50. The third-order valence-electron chi connectivity index (χ3n) is 4.23. The van der Waals surface area contributed by atoms with Crippen LogP contribution in [0.4, 0.5) is 37.7 Å². The number of para-hydroxylation sites is 2. The molecule has 1 aliphatic carbocycles. The molecule has 4 nitrogen and oxygen atoms in total. The van der Waals surface area contributed by atoms with Gasteiger partial charge in [-0.1, -0.05) is 24.3 Å². The molecule has 0 aliphatic heterocycles. The maximum absolute atomic E-state index is 13.1. The van der Waals surface area contributed by atoms with E-state index in [0.29, 0.717) is 0 Å². The molecule has 0 N–H and O–H groups in total. The first kappa shape index (κ1) is 21.4. The molecule has 3 rings (SSSR count). The van der Waals surface area contributed by atoms with Gasteiger partial charge < -0.3 is 0 Å². The van der Waals surface area contributed by atoms with Crippen molar-refractivity contribution in [3.05, 3.63) is 59.7 Å². The number of benzene rings is 2. The van der Waals surface area contributed by atoms with Crippen LogP contribution in [0.1, 0.15) is 24.0 Å². The molecule has 0 spiro atoms. The first-order valence-electron chi connectivity index (χ1n) is 8.51. The highest BCUT2D eigenvalue weighted by atomic mass is 19.4. The lowest BCUT2D eigenvalue weighted by Gasteiger charge is -2.16. The number of hydrogen-bond acceptors (Lipinski definition) is 4. The lowest BCUT2D eigenvalue weighted by molar-refractivity contribution is -0.137. The van der Waals surface area contributed by atoms with Gasteiger partial charge in [0.25, 0.3) is 0 Å². The van der Waals surface area contributed by atoms with Crippen molar-refractivity contribution in [2.24, 2.45) is 9.98 Å². The number of rotatable bonds is 2. The molecular formula is C20H12F6N2O2. The summed E-state index contributed by atoms with van der Waals surface area (Å²) in [7, 11) is 0. The molecule has 1 aliphatic rings. The summed E-state index contributed by atoms with van der Waals surface area (Å²) in [5, 5.41) is 0. The number of aliphatic imine (C=N–C) groups is 2. The number of halogens is 6. The minimum atomic E-state index is -4.71. The van der Waals surface area contributed by atoms with E-state index in [9.17, 15) is 35.9 Å². The van der Waals surface area contributed by atoms with Crippen LogP contribution in [0.2, 0.25) is 0 Å². The Morgan fingerprint density at radius 2 is 0.933 bits per heavy atom. The van der Waals surface area contributed by atoms with Gasteiger partial charge >= 0.3 is 12.4 Å². The molecular weight excluding hydrogens is 414 g/mol. The van der Waals surface area contributed by atoms with Gasteiger partial charge in [0.15, 0.2) is 11.6 Å². The molecule has 0 unspecified atom stereocenters. The van der Waals surface area contributed by atoms with Crippen LogP contribution in [0.15, 0.2) is 58.5 Å². The van der Waals surface area contributed by atoms with Crippen molar-refractivity contribution in [3.63, 3.8) is 0 Å². The second-order valence-corrected chi connectivity index (χ2v) is 6.35. The maximum atomic E-state index is 13.1. The van der Waals surface area contributed by atoms with E-state index in [-0.39, 0.29) is 0 Å². The number of nitrogens with zero attached hydrogens (tertiary/aromatic N) is 2. The Morgan fingerprint density at radius 3 is 1.27 bits per heavy atom. The molecule has 0 saturated heterocycles. The van der Waals surface area contributed by atoms with E-state index in [1.165, 1.54) is 12.1 Å². The smallest absolute Gasteiger partial charge is 0.292 e. The van der Waals surface area contributed by atoms with Crippen molar-refractivity contribution < 1.29 is 35.9 Å². The Bertz CT molecular complexity index is 982. The SMILES string of the molecule is O=C1CC(=Nc2ccccc2C(F)(F)F)C(=O)CC1=Nc1ccccc1C(F)(F)F. The van der Waals surface area contributed by atoms with Crippen LogP contribution < -0.4 is 0 Å². The number of ketones is 2. The zero-order valence-corrected chi connectivity index (χ0v) is 15.0. The molecule has 0 radical (unpaired) electrons. The Morgan fingerprint density at radius 1 is 0.600 bits per heavy atom. The van der Waals surface area contributed by atoms with Gasteiger partial charge in [0, 0.05) is 0 Å². The summed E-state index contributed by atoms with van der Waals surface area (Å²) in [6.45, 7) is 0. The van der Waals surface area contributed by atoms with Crippen molar-refractivity contribution in [3.8, 4) is 0 Å². The van der Waals surface area contributed by atoms with E-state index in [1.54, 1.807) is 0 Å². The minimum Gasteiger partial charge on any atom is -0.292 e. The van der Waals surface area contributed by atoms with Crippen molar-refractivity contribution >= 4 is 34.4 Å². The van der Waals surface area contributed by atoms with Crippen molar-refractivity contribution in [1.29, 1.82) is 0 Å². The molecule has 0 heterocycles. The number of carbonyl (C=O) groups is 2. The quantitative estimate of drug-likeness (QED) is 0.596. The minimum absolute atomic E-state index is 0.403. The third kappa shape index (κ3) is 4.64. The molecule has 156 valence electrons. The zero-order chi connectivity index (χ0) is 22.1. The van der Waals surface area contributed by atoms with Gasteiger partial charge in [0.05, 0.1) is 46.8 Å². The van der Waals surface area contributed by atoms with Crippen LogP contribution in [0.25, 0.3) is 0 Å². The first-order chi connectivity index (χ1) is 14.0. The Kier molecular flexibility index (Phi) is 5.60. The lowest BCUT2D eigenvalue weighted by Crippen LogP contribution is -2.33. The summed E-state index contributed by atoms with van der Waals surface area (Å²) in [6.07, 6.45) is -10.7. The average molecular weight is 426 g/mol. The van der Waals surface area contributed by atoms with E-state index < -0.39 is 70.7 Å². The average Bonchev–Trinajstić information content (AvgIpc) is 2.65. The van der Waals surface area contributed by atoms with Crippen molar-refractivity contribution in [2.45, 2.75) is 25.2 Å². The standard InChI is InChI=1S/C20H12F6N2O2/c21-19(22,23)11-5-1-3-7-13(11)27-15-9-18(30)16(10-17(15)29)28-14-8-4-2-6-12(14)20(24,25)26/h1-8H,9-10H2. The van der Waals surface area contributed by atoms with Crippen LogP contribution >= 0.6 is 0 Å². The molecule has 0 aromatic heterocycles. The number of alkyl halides is 6. The van der Waals surface area contributed by atoms with Crippen LogP contribution in [-0.4, -0.2) is 23.0 Å². The van der Waals surface area contributed by atoms with Gasteiger partial charge in [0.1, 0.15) is 0 Å². The van der Waals surface area contributed by atoms with Gasteiger partial charge in [-0.2, -0.15) is 26.3 Å². The molecule has 1 saturated carbocycles. The molecule has 30 heavy (non-hydrogen) atoms. The van der Waals surface area contributed by atoms with Crippen molar-refractivity contribution in [1.82, 2.24) is 0 Å². The lowest BCUT2D eigenvalue weighted by atomic mass is 9.93. The molecule has 0 atom stereocenters. The predicted molar refractivity (Wildman–Crippen MR) is 96.3 cm³/mol. The zero-order valence-electron chi connectivity index (χ0n) is 15.0. The number of Topliss-reactive ketones (excluding diaryl/α,β-unsaturated/α-hetero) is 2. The Hall–Kier alpha value is -3.30. The molecule has 1 fully saturated rings. The fraction of sp³-hybridized carbons (Fsp3) is 0.200. The highest BCUT2D eigenvalue weighted by molar-refractivity contribution is 6.61. The summed E-state index contributed by atoms with van der Waals surface area (Å²) in [5.74, 6) is -1.57. The van der Waals surface area contributed by atoms with E-state index in [1.807, 2.05) is 0 Å². The summed E-state index contributed by atoms with van der Waals surface area (Å²) in [4.78, 5) is 32.1. The first-order valence-corrected chi connectivity index (χ1v) is 8.51. The van der Waals surface area contributed by atoms with Gasteiger partial charge in [-0.3, -0.25) is 9.59 Å².